The number of hydrogen-bond acceptors (Lipinski definition) is 2. The van der Waals surface area contributed by atoms with Crippen LogP contribution < -0.4 is 5.32 Å². The second-order valence-corrected chi connectivity index (χ2v) is 6.40. The van der Waals surface area contributed by atoms with Gasteiger partial charge in [-0.05, 0) is 57.8 Å². The second-order valence-electron chi connectivity index (χ2n) is 6.40. The minimum absolute atomic E-state index is 0.255. The first kappa shape index (κ1) is 15.0. The molecule has 1 N–H and O–H groups in total. The molecule has 20 heavy (non-hydrogen) atoms. The molecule has 1 atom stereocenters. The summed E-state index contributed by atoms with van der Waals surface area (Å²) >= 11 is 0. The van der Waals surface area contributed by atoms with E-state index in [1.807, 2.05) is 37.9 Å². The lowest BCUT2D eigenvalue weighted by molar-refractivity contribution is -0.135. The van der Waals surface area contributed by atoms with Crippen LogP contribution in [0.15, 0.2) is 24.3 Å². The Morgan fingerprint density at radius 1 is 1.40 bits per heavy atom. The Morgan fingerprint density at radius 3 is 2.75 bits per heavy atom. The first-order valence-corrected chi connectivity index (χ1v) is 7.47. The van der Waals surface area contributed by atoms with Gasteiger partial charge in [0.2, 0.25) is 5.91 Å². The minimum Gasteiger partial charge on any atom is -0.342 e. The summed E-state index contributed by atoms with van der Waals surface area (Å²) in [6.07, 6.45) is 1.11. The highest BCUT2D eigenvalue weighted by Gasteiger charge is 2.37. The molecule has 0 bridgehead atoms. The van der Waals surface area contributed by atoms with Gasteiger partial charge < -0.3 is 10.2 Å². The highest BCUT2D eigenvalue weighted by molar-refractivity contribution is 5.88. The summed E-state index contributed by atoms with van der Waals surface area (Å²) < 4.78 is 0. The zero-order chi connectivity index (χ0) is 14.8. The van der Waals surface area contributed by atoms with Crippen LogP contribution in [0.25, 0.3) is 0 Å². The molecule has 1 amide bonds. The molecule has 0 aliphatic carbocycles. The fraction of sp³-hybridized carbons (Fsp3) is 0.588. The van der Waals surface area contributed by atoms with Gasteiger partial charge in [0.25, 0.3) is 0 Å². The van der Waals surface area contributed by atoms with Crippen molar-refractivity contribution in [3.05, 3.63) is 35.4 Å². The average molecular weight is 274 g/mol. The van der Waals surface area contributed by atoms with Gasteiger partial charge >= 0.3 is 0 Å². The predicted molar refractivity (Wildman–Crippen MR) is 82.8 cm³/mol. The van der Waals surface area contributed by atoms with Crippen molar-refractivity contribution in [3.8, 4) is 0 Å². The number of carbonyl (C=O) groups is 1. The summed E-state index contributed by atoms with van der Waals surface area (Å²) in [5, 5.41) is 3.21. The molecule has 110 valence electrons. The Balaban J connectivity index is 2.14. The summed E-state index contributed by atoms with van der Waals surface area (Å²) in [4.78, 5) is 14.9. The van der Waals surface area contributed by atoms with Gasteiger partial charge in [0.15, 0.2) is 0 Å². The predicted octanol–water partition coefficient (Wildman–Crippen LogP) is 2.34. The Morgan fingerprint density at radius 2 is 2.10 bits per heavy atom. The Hall–Kier alpha value is -1.35. The average Bonchev–Trinajstić information content (AvgIpc) is 2.87. The monoisotopic (exact) mass is 274 g/mol. The van der Waals surface area contributed by atoms with Gasteiger partial charge in [-0.2, -0.15) is 0 Å². The number of rotatable bonds is 4. The third-order valence-electron chi connectivity index (χ3n) is 4.42. The molecule has 0 unspecified atom stereocenters. The normalized spacial score (nSPS) is 19.4. The van der Waals surface area contributed by atoms with Crippen LogP contribution in [0.3, 0.4) is 0 Å². The van der Waals surface area contributed by atoms with Gasteiger partial charge in [0.05, 0.1) is 5.41 Å². The highest BCUT2D eigenvalue weighted by Crippen LogP contribution is 2.30. The fourth-order valence-electron chi connectivity index (χ4n) is 3.26. The van der Waals surface area contributed by atoms with Gasteiger partial charge in [-0.15, -0.1) is 0 Å². The SMILES string of the molecule is CNC[C@H]1CCN(C(=O)C(C)(C)c2ccccc2C)C1. The van der Waals surface area contributed by atoms with Crippen molar-refractivity contribution in [2.75, 3.05) is 26.7 Å². The van der Waals surface area contributed by atoms with Crippen LogP contribution >= 0.6 is 0 Å². The summed E-state index contributed by atoms with van der Waals surface area (Å²) in [7, 11) is 1.97. The lowest BCUT2D eigenvalue weighted by atomic mass is 9.81. The quantitative estimate of drug-likeness (QED) is 0.914. The fourth-order valence-corrected chi connectivity index (χ4v) is 3.26. The van der Waals surface area contributed by atoms with Crippen molar-refractivity contribution in [1.29, 1.82) is 0 Å². The van der Waals surface area contributed by atoms with Crippen LogP contribution in [-0.4, -0.2) is 37.5 Å². The van der Waals surface area contributed by atoms with E-state index in [1.165, 1.54) is 5.56 Å². The van der Waals surface area contributed by atoms with E-state index < -0.39 is 5.41 Å². The van der Waals surface area contributed by atoms with E-state index >= 15 is 0 Å². The van der Waals surface area contributed by atoms with Crippen molar-refractivity contribution in [2.24, 2.45) is 5.92 Å². The summed E-state index contributed by atoms with van der Waals surface area (Å²) in [6.45, 7) is 8.94. The number of nitrogens with zero attached hydrogens (tertiary/aromatic N) is 1. The van der Waals surface area contributed by atoms with Gasteiger partial charge in [-0.3, -0.25) is 4.79 Å². The molecule has 1 saturated heterocycles. The van der Waals surface area contributed by atoms with Crippen molar-refractivity contribution < 1.29 is 4.79 Å². The smallest absolute Gasteiger partial charge is 0.232 e. The largest absolute Gasteiger partial charge is 0.342 e. The molecule has 0 saturated carbocycles. The van der Waals surface area contributed by atoms with E-state index in [9.17, 15) is 4.79 Å². The molecule has 1 aliphatic heterocycles. The van der Waals surface area contributed by atoms with Gasteiger partial charge in [-0.25, -0.2) is 0 Å². The first-order valence-electron chi connectivity index (χ1n) is 7.47. The molecule has 3 heteroatoms. The number of hydrogen-bond donors (Lipinski definition) is 1. The zero-order valence-electron chi connectivity index (χ0n) is 13.1. The Kier molecular flexibility index (Phi) is 4.48. The van der Waals surface area contributed by atoms with Crippen molar-refractivity contribution in [1.82, 2.24) is 10.2 Å². The second kappa shape index (κ2) is 5.96. The standard InChI is InChI=1S/C17H26N2O/c1-13-7-5-6-8-15(13)17(2,3)16(20)19-10-9-14(12-19)11-18-4/h5-8,14,18H,9-12H2,1-4H3/t14-/m1/s1. The van der Waals surface area contributed by atoms with E-state index in [0.717, 1.165) is 31.6 Å². The van der Waals surface area contributed by atoms with Gasteiger partial charge in [0.1, 0.15) is 0 Å². The van der Waals surface area contributed by atoms with E-state index in [0.29, 0.717) is 5.92 Å². The molecule has 3 nitrogen and oxygen atoms in total. The number of nitrogens with one attached hydrogen (secondary N) is 1. The van der Waals surface area contributed by atoms with Crippen LogP contribution in [-0.2, 0) is 10.2 Å². The van der Waals surface area contributed by atoms with E-state index in [2.05, 4.69) is 24.4 Å². The molecular weight excluding hydrogens is 248 g/mol. The topological polar surface area (TPSA) is 32.3 Å². The molecule has 1 aromatic carbocycles. The number of amides is 1. The van der Waals surface area contributed by atoms with Crippen molar-refractivity contribution in [3.63, 3.8) is 0 Å². The molecule has 1 heterocycles. The van der Waals surface area contributed by atoms with Crippen LogP contribution in [0, 0.1) is 12.8 Å². The molecular formula is C17H26N2O. The van der Waals surface area contributed by atoms with E-state index in [-0.39, 0.29) is 5.91 Å². The Bertz CT molecular complexity index is 482. The molecule has 1 fully saturated rings. The number of benzene rings is 1. The first-order chi connectivity index (χ1) is 9.46. The summed E-state index contributed by atoms with van der Waals surface area (Å²) in [5.74, 6) is 0.849. The molecule has 2 rings (SSSR count). The van der Waals surface area contributed by atoms with Crippen LogP contribution in [0.4, 0.5) is 0 Å². The highest BCUT2D eigenvalue weighted by atomic mass is 16.2. The van der Waals surface area contributed by atoms with E-state index in [4.69, 9.17) is 0 Å². The number of carbonyl (C=O) groups excluding carboxylic acids is 1. The van der Waals surface area contributed by atoms with Gasteiger partial charge in [-0.1, -0.05) is 24.3 Å². The lowest BCUT2D eigenvalue weighted by Gasteiger charge is -2.31. The maximum absolute atomic E-state index is 12.9. The third-order valence-corrected chi connectivity index (χ3v) is 4.42. The summed E-state index contributed by atoms with van der Waals surface area (Å²) in [5.41, 5.74) is 1.89. The third kappa shape index (κ3) is 2.88. The molecule has 0 spiro atoms. The summed E-state index contributed by atoms with van der Waals surface area (Å²) in [6, 6.07) is 8.20. The van der Waals surface area contributed by atoms with Gasteiger partial charge in [0, 0.05) is 13.1 Å². The maximum Gasteiger partial charge on any atom is 0.232 e. The molecule has 1 aliphatic rings. The number of aryl methyl sites for hydroxylation is 1. The molecule has 0 aromatic heterocycles. The van der Waals surface area contributed by atoms with Crippen LogP contribution in [0.1, 0.15) is 31.4 Å². The molecule has 0 radical (unpaired) electrons. The Labute approximate surface area is 122 Å². The number of likely N-dealkylation sites (tertiary alicyclic amines) is 1. The van der Waals surface area contributed by atoms with Crippen LogP contribution in [0.2, 0.25) is 0 Å². The van der Waals surface area contributed by atoms with Crippen LogP contribution in [0.5, 0.6) is 0 Å². The molecule has 1 aromatic rings. The van der Waals surface area contributed by atoms with Crippen molar-refractivity contribution >= 4 is 5.91 Å². The maximum atomic E-state index is 12.9. The van der Waals surface area contributed by atoms with E-state index in [1.54, 1.807) is 0 Å². The minimum atomic E-state index is -0.445. The lowest BCUT2D eigenvalue weighted by Crippen LogP contribution is -2.43. The zero-order valence-corrected chi connectivity index (χ0v) is 13.1. The van der Waals surface area contributed by atoms with Crippen molar-refractivity contribution in [2.45, 2.75) is 32.6 Å².